The van der Waals surface area contributed by atoms with Crippen LogP contribution >= 0.6 is 0 Å². The highest BCUT2D eigenvalue weighted by molar-refractivity contribution is 5.51. The Morgan fingerprint density at radius 1 is 1.25 bits per heavy atom. The van der Waals surface area contributed by atoms with Crippen molar-refractivity contribution in [3.8, 4) is 0 Å². The molecule has 1 aliphatic rings. The van der Waals surface area contributed by atoms with Crippen LogP contribution in [0.4, 0.5) is 14.5 Å². The van der Waals surface area contributed by atoms with Gasteiger partial charge in [0.05, 0.1) is 5.69 Å². The second kappa shape index (κ2) is 5.68. The third-order valence-corrected chi connectivity index (χ3v) is 4.67. The summed E-state index contributed by atoms with van der Waals surface area (Å²) in [6.45, 7) is 9.40. The van der Waals surface area contributed by atoms with Crippen molar-refractivity contribution in [1.29, 1.82) is 0 Å². The number of rotatable bonds is 3. The molecule has 0 saturated carbocycles. The van der Waals surface area contributed by atoms with Crippen molar-refractivity contribution in [1.82, 2.24) is 5.32 Å². The number of nitrogens with zero attached hydrogens (tertiary/aromatic N) is 1. The van der Waals surface area contributed by atoms with Crippen LogP contribution in [-0.4, -0.2) is 24.7 Å². The first kappa shape index (κ1) is 15.2. The Labute approximate surface area is 120 Å². The van der Waals surface area contributed by atoms with E-state index in [0.717, 1.165) is 19.4 Å². The largest absolute Gasteiger partial charge is 0.363 e. The zero-order valence-corrected chi connectivity index (χ0v) is 12.8. The molecule has 4 heteroatoms. The highest BCUT2D eigenvalue weighted by atomic mass is 19.1. The number of hydrogen-bond donors (Lipinski definition) is 1. The molecular formula is C16H24F2N2. The van der Waals surface area contributed by atoms with E-state index in [0.29, 0.717) is 17.8 Å². The SMILES string of the molecule is CCC1(CC)CN(c2cc(F)c(C)cc2F)C(C)CN1. The second-order valence-electron chi connectivity index (χ2n) is 5.90. The van der Waals surface area contributed by atoms with Crippen LogP contribution in [0.5, 0.6) is 0 Å². The normalized spacial score (nSPS) is 22.1. The molecule has 1 saturated heterocycles. The third-order valence-electron chi connectivity index (χ3n) is 4.67. The lowest BCUT2D eigenvalue weighted by Gasteiger charge is -2.47. The first-order chi connectivity index (χ1) is 9.42. The fraction of sp³-hybridized carbons (Fsp3) is 0.625. The van der Waals surface area contributed by atoms with E-state index in [2.05, 4.69) is 19.2 Å². The maximum Gasteiger partial charge on any atom is 0.146 e. The molecule has 0 bridgehead atoms. The molecule has 1 aliphatic heterocycles. The van der Waals surface area contributed by atoms with Crippen molar-refractivity contribution in [3.05, 3.63) is 29.3 Å². The maximum absolute atomic E-state index is 14.2. The zero-order chi connectivity index (χ0) is 14.9. The summed E-state index contributed by atoms with van der Waals surface area (Å²) in [5.41, 5.74) is 0.722. The van der Waals surface area contributed by atoms with Gasteiger partial charge in [0, 0.05) is 30.7 Å². The Hall–Kier alpha value is -1.16. The van der Waals surface area contributed by atoms with Gasteiger partial charge in [-0.3, -0.25) is 0 Å². The van der Waals surface area contributed by atoms with Crippen molar-refractivity contribution < 1.29 is 8.78 Å². The van der Waals surface area contributed by atoms with Crippen LogP contribution in [0.3, 0.4) is 0 Å². The third kappa shape index (κ3) is 2.66. The lowest BCUT2D eigenvalue weighted by molar-refractivity contribution is 0.252. The Kier molecular flexibility index (Phi) is 4.33. The quantitative estimate of drug-likeness (QED) is 0.910. The Balaban J connectivity index is 2.37. The number of anilines is 1. The molecule has 1 fully saturated rings. The van der Waals surface area contributed by atoms with Gasteiger partial charge in [0.1, 0.15) is 11.6 Å². The molecule has 0 radical (unpaired) electrons. The van der Waals surface area contributed by atoms with Gasteiger partial charge >= 0.3 is 0 Å². The van der Waals surface area contributed by atoms with Crippen LogP contribution < -0.4 is 10.2 Å². The molecule has 0 aromatic heterocycles. The van der Waals surface area contributed by atoms with Gasteiger partial charge in [-0.15, -0.1) is 0 Å². The lowest BCUT2D eigenvalue weighted by atomic mass is 9.88. The zero-order valence-electron chi connectivity index (χ0n) is 12.8. The minimum absolute atomic E-state index is 0.0136. The molecule has 2 nitrogen and oxygen atoms in total. The number of piperazine rings is 1. The highest BCUT2D eigenvalue weighted by Crippen LogP contribution is 2.30. The average molecular weight is 282 g/mol. The maximum atomic E-state index is 14.2. The summed E-state index contributed by atoms with van der Waals surface area (Å²) in [6.07, 6.45) is 1.95. The highest BCUT2D eigenvalue weighted by Gasteiger charge is 2.36. The molecule has 0 amide bonds. The lowest BCUT2D eigenvalue weighted by Crippen LogP contribution is -2.63. The van der Waals surface area contributed by atoms with Gasteiger partial charge in [0.2, 0.25) is 0 Å². The second-order valence-corrected chi connectivity index (χ2v) is 5.90. The number of hydrogen-bond acceptors (Lipinski definition) is 2. The Morgan fingerprint density at radius 2 is 1.90 bits per heavy atom. The molecule has 1 N–H and O–H groups in total. The molecule has 20 heavy (non-hydrogen) atoms. The van der Waals surface area contributed by atoms with E-state index in [1.807, 2.05) is 11.8 Å². The summed E-state index contributed by atoms with van der Waals surface area (Å²) in [5.74, 6) is -0.676. The van der Waals surface area contributed by atoms with E-state index >= 15 is 0 Å². The van der Waals surface area contributed by atoms with Gasteiger partial charge in [-0.25, -0.2) is 8.78 Å². The van der Waals surface area contributed by atoms with E-state index in [-0.39, 0.29) is 23.2 Å². The van der Waals surface area contributed by atoms with Crippen LogP contribution in [0.25, 0.3) is 0 Å². The predicted molar refractivity (Wildman–Crippen MR) is 79.2 cm³/mol. The van der Waals surface area contributed by atoms with Crippen molar-refractivity contribution in [3.63, 3.8) is 0 Å². The summed E-state index contributed by atoms with van der Waals surface area (Å²) in [5, 5.41) is 3.57. The summed E-state index contributed by atoms with van der Waals surface area (Å²) < 4.78 is 28.0. The summed E-state index contributed by atoms with van der Waals surface area (Å²) in [4.78, 5) is 2.00. The fourth-order valence-electron chi connectivity index (χ4n) is 2.91. The van der Waals surface area contributed by atoms with Crippen molar-refractivity contribution in [2.24, 2.45) is 0 Å². The topological polar surface area (TPSA) is 15.3 Å². The minimum atomic E-state index is -0.342. The van der Waals surface area contributed by atoms with E-state index in [1.165, 1.54) is 12.1 Å². The smallest absolute Gasteiger partial charge is 0.146 e. The minimum Gasteiger partial charge on any atom is -0.363 e. The summed E-state index contributed by atoms with van der Waals surface area (Å²) >= 11 is 0. The van der Waals surface area contributed by atoms with Crippen LogP contribution in [0.15, 0.2) is 12.1 Å². The Bertz CT molecular complexity index is 484. The van der Waals surface area contributed by atoms with E-state index in [1.54, 1.807) is 6.92 Å². The van der Waals surface area contributed by atoms with Gasteiger partial charge in [-0.1, -0.05) is 13.8 Å². The van der Waals surface area contributed by atoms with Crippen LogP contribution in [0.2, 0.25) is 0 Å². The molecule has 2 rings (SSSR count). The van der Waals surface area contributed by atoms with Crippen LogP contribution in [0.1, 0.15) is 39.2 Å². The van der Waals surface area contributed by atoms with Gasteiger partial charge in [0.15, 0.2) is 0 Å². The van der Waals surface area contributed by atoms with Crippen molar-refractivity contribution >= 4 is 5.69 Å². The van der Waals surface area contributed by atoms with Gasteiger partial charge in [0.25, 0.3) is 0 Å². The van der Waals surface area contributed by atoms with E-state index < -0.39 is 0 Å². The van der Waals surface area contributed by atoms with Crippen molar-refractivity contribution in [2.75, 3.05) is 18.0 Å². The molecule has 1 aromatic rings. The van der Waals surface area contributed by atoms with Crippen LogP contribution in [0, 0.1) is 18.6 Å². The van der Waals surface area contributed by atoms with E-state index in [4.69, 9.17) is 0 Å². The number of aryl methyl sites for hydroxylation is 1. The molecule has 0 aliphatic carbocycles. The van der Waals surface area contributed by atoms with Crippen LogP contribution in [-0.2, 0) is 0 Å². The van der Waals surface area contributed by atoms with Crippen molar-refractivity contribution in [2.45, 2.75) is 52.1 Å². The van der Waals surface area contributed by atoms with Gasteiger partial charge < -0.3 is 10.2 Å². The monoisotopic (exact) mass is 282 g/mol. The number of halogens is 2. The Morgan fingerprint density at radius 3 is 2.50 bits per heavy atom. The average Bonchev–Trinajstić information content (AvgIpc) is 2.44. The molecule has 112 valence electrons. The predicted octanol–water partition coefficient (Wildman–Crippen LogP) is 3.63. The fourth-order valence-corrected chi connectivity index (χ4v) is 2.91. The molecule has 1 unspecified atom stereocenters. The number of benzene rings is 1. The molecule has 1 atom stereocenters. The number of nitrogens with one attached hydrogen (secondary N) is 1. The van der Waals surface area contributed by atoms with Gasteiger partial charge in [-0.05, 0) is 38.3 Å². The first-order valence-electron chi connectivity index (χ1n) is 7.39. The summed E-state index contributed by atoms with van der Waals surface area (Å²) in [7, 11) is 0. The standard InChI is InChI=1S/C16H24F2N2/c1-5-16(6-2)10-20(12(4)9-19-16)15-8-13(17)11(3)7-14(15)18/h7-8,12,19H,5-6,9-10H2,1-4H3. The molecule has 1 aromatic carbocycles. The molecule has 0 spiro atoms. The van der Waals surface area contributed by atoms with Gasteiger partial charge in [-0.2, -0.15) is 0 Å². The molecule has 1 heterocycles. The van der Waals surface area contributed by atoms with E-state index in [9.17, 15) is 8.78 Å². The molecular weight excluding hydrogens is 258 g/mol. The first-order valence-corrected chi connectivity index (χ1v) is 7.39. The summed E-state index contributed by atoms with van der Waals surface area (Å²) in [6, 6.07) is 2.78.